The predicted octanol–water partition coefficient (Wildman–Crippen LogP) is 1.17. The van der Waals surface area contributed by atoms with Crippen LogP contribution in [0.5, 0.6) is 0 Å². The summed E-state index contributed by atoms with van der Waals surface area (Å²) < 4.78 is 5.54. The van der Waals surface area contributed by atoms with Crippen molar-refractivity contribution in [2.75, 3.05) is 57.4 Å². The lowest BCUT2D eigenvalue weighted by Gasteiger charge is -2.30. The number of aliphatic hydroxyl groups is 5. The fraction of sp³-hybridized carbons (Fsp3) is 0.513. The number of nitrogen functional groups attached to an aromatic ring is 2. The Morgan fingerprint density at radius 1 is 0.860 bits per heavy atom. The molecule has 1 aromatic heterocycles. The molecule has 3 aromatic rings. The number of hydrogen-bond acceptors (Lipinski definition) is 14. The van der Waals surface area contributed by atoms with Gasteiger partial charge in [0.1, 0.15) is 18.3 Å². The number of nitrogens with zero attached hydrogens (tertiary/aromatic N) is 3. The molecule has 18 heteroatoms. The molecule has 2 aromatic carbocycles. The van der Waals surface area contributed by atoms with Crippen LogP contribution >= 0.6 is 11.6 Å². The fourth-order valence-corrected chi connectivity index (χ4v) is 6.01. The van der Waals surface area contributed by atoms with Gasteiger partial charge in [0, 0.05) is 44.2 Å². The zero-order valence-electron chi connectivity index (χ0n) is 32.4. The molecule has 314 valence electrons. The van der Waals surface area contributed by atoms with Gasteiger partial charge in [0.2, 0.25) is 0 Å². The highest BCUT2D eigenvalue weighted by Gasteiger charge is 2.31. The number of nitrogens with one attached hydrogen (secondary N) is 3. The highest BCUT2D eigenvalue weighted by Crippen LogP contribution is 2.18. The molecule has 0 fully saturated rings. The summed E-state index contributed by atoms with van der Waals surface area (Å²) in [6.07, 6.45) is -2.69. The van der Waals surface area contributed by atoms with Crippen molar-refractivity contribution in [2.24, 2.45) is 5.92 Å². The summed E-state index contributed by atoms with van der Waals surface area (Å²) in [5.41, 5.74) is 14.4. The molecule has 12 N–H and O–H groups in total. The minimum Gasteiger partial charge on any atom is -0.449 e. The molecule has 0 aliphatic heterocycles. The molecule has 0 aliphatic carbocycles. The van der Waals surface area contributed by atoms with E-state index in [1.54, 1.807) is 24.3 Å². The van der Waals surface area contributed by atoms with Crippen LogP contribution in [0, 0.1) is 12.8 Å². The lowest BCUT2D eigenvalue weighted by Crippen LogP contribution is -2.50. The van der Waals surface area contributed by atoms with Gasteiger partial charge in [0.25, 0.3) is 11.8 Å². The number of rotatable bonds is 24. The first kappa shape index (κ1) is 46.8. The Morgan fingerprint density at radius 3 is 2.25 bits per heavy atom. The number of carbonyl (C=O) groups is 3. The quantitative estimate of drug-likeness (QED) is 0.0569. The Morgan fingerprint density at radius 2 is 1.56 bits per heavy atom. The number of alkyl carbamates (subject to hydrolysis) is 1. The number of hydrogen-bond donors (Lipinski definition) is 10. The van der Waals surface area contributed by atoms with Crippen molar-refractivity contribution in [3.05, 3.63) is 81.6 Å². The molecule has 0 spiro atoms. The number of unbranched alkanes of at least 4 members (excludes halogenated alkanes) is 3. The first-order valence-corrected chi connectivity index (χ1v) is 19.4. The third-order valence-electron chi connectivity index (χ3n) is 9.36. The minimum absolute atomic E-state index is 0.0160. The number of ether oxygens (including phenoxy) is 1. The second-order valence-corrected chi connectivity index (χ2v) is 14.3. The third-order valence-corrected chi connectivity index (χ3v) is 9.63. The van der Waals surface area contributed by atoms with E-state index >= 15 is 0 Å². The Kier molecular flexibility index (Phi) is 19.9. The standard InChI is InChI=1S/C39H57ClN8O9/c1-3-4-5-8-16-48(21-29(50)32(52)33(53)30(51)22-49)17-15-43-37(54)27-13-11-25(12-14-27)19-45-39(56)57-23-26(18-28-10-7-6-9-24(28)2)20-44-38(55)31-35(41)47-36(42)34(40)46-31/h6-7,9-14,26,29-30,32-33,49-53H,3-5,8,15-23H2,1-2H3,(H,43,54)(H,44,55)(H,45,56)(H4,41,42,47)/t26-,29+,30+,32+,33+/m0/s1. The number of nitrogens with two attached hydrogens (primary N) is 2. The number of halogens is 1. The van der Waals surface area contributed by atoms with Crippen molar-refractivity contribution < 1.29 is 44.7 Å². The summed E-state index contributed by atoms with van der Waals surface area (Å²) in [6, 6.07) is 14.4. The molecule has 1 heterocycles. The van der Waals surface area contributed by atoms with Crippen molar-refractivity contribution in [3.63, 3.8) is 0 Å². The zero-order chi connectivity index (χ0) is 41.9. The molecule has 17 nitrogen and oxygen atoms in total. The Balaban J connectivity index is 1.50. The van der Waals surface area contributed by atoms with E-state index in [1.165, 1.54) is 0 Å². The number of anilines is 2. The normalized spacial score (nSPS) is 14.0. The van der Waals surface area contributed by atoms with Crippen LogP contribution in [0.4, 0.5) is 16.4 Å². The summed E-state index contributed by atoms with van der Waals surface area (Å²) in [5, 5.41) is 57.7. The maximum Gasteiger partial charge on any atom is 0.407 e. The molecule has 3 rings (SSSR count). The number of carbonyl (C=O) groups excluding carboxylic acids is 3. The van der Waals surface area contributed by atoms with E-state index in [2.05, 4.69) is 32.8 Å². The van der Waals surface area contributed by atoms with E-state index in [9.17, 15) is 34.8 Å². The highest BCUT2D eigenvalue weighted by molar-refractivity contribution is 6.31. The van der Waals surface area contributed by atoms with Crippen molar-refractivity contribution in [1.29, 1.82) is 0 Å². The monoisotopic (exact) mass is 816 g/mol. The molecule has 0 aliphatic rings. The van der Waals surface area contributed by atoms with Crippen LogP contribution in [0.15, 0.2) is 48.5 Å². The lowest BCUT2D eigenvalue weighted by atomic mass is 9.96. The van der Waals surface area contributed by atoms with Gasteiger partial charge in [-0.05, 0) is 55.1 Å². The summed E-state index contributed by atoms with van der Waals surface area (Å²) in [5.74, 6) is -1.52. The van der Waals surface area contributed by atoms with Crippen molar-refractivity contribution in [2.45, 2.75) is 76.9 Å². The van der Waals surface area contributed by atoms with Gasteiger partial charge in [-0.15, -0.1) is 0 Å². The van der Waals surface area contributed by atoms with Crippen molar-refractivity contribution >= 4 is 41.1 Å². The zero-order valence-corrected chi connectivity index (χ0v) is 33.2. The molecule has 0 saturated heterocycles. The number of aliphatic hydroxyl groups excluding tert-OH is 5. The van der Waals surface area contributed by atoms with E-state index in [1.807, 2.05) is 36.1 Å². The summed E-state index contributed by atoms with van der Waals surface area (Å²) in [7, 11) is 0. The molecule has 0 bridgehead atoms. The third kappa shape index (κ3) is 15.7. The number of aromatic nitrogens is 2. The van der Waals surface area contributed by atoms with Crippen molar-refractivity contribution in [1.82, 2.24) is 30.8 Å². The first-order chi connectivity index (χ1) is 27.2. The van der Waals surface area contributed by atoms with Crippen LogP contribution in [-0.2, 0) is 17.7 Å². The average molecular weight is 817 g/mol. The van der Waals surface area contributed by atoms with Crippen LogP contribution < -0.4 is 27.4 Å². The Bertz CT molecular complexity index is 1720. The molecule has 3 amide bonds. The first-order valence-electron chi connectivity index (χ1n) is 19.0. The summed E-state index contributed by atoms with van der Waals surface area (Å²) >= 11 is 5.94. The number of amides is 3. The lowest BCUT2D eigenvalue weighted by molar-refractivity contribution is -0.119. The van der Waals surface area contributed by atoms with Gasteiger partial charge in [0.15, 0.2) is 22.5 Å². The summed E-state index contributed by atoms with van der Waals surface area (Å²) in [6.45, 7) is 4.67. The Hall–Kier alpha value is -4.62. The van der Waals surface area contributed by atoms with Gasteiger partial charge in [0.05, 0.1) is 19.3 Å². The maximum atomic E-state index is 12.9. The van der Waals surface area contributed by atoms with E-state index in [0.717, 1.165) is 36.8 Å². The predicted molar refractivity (Wildman–Crippen MR) is 215 cm³/mol. The fourth-order valence-electron chi connectivity index (χ4n) is 5.88. The van der Waals surface area contributed by atoms with Gasteiger partial charge in [-0.1, -0.05) is 74.2 Å². The topological polar surface area (TPSA) is 279 Å². The van der Waals surface area contributed by atoms with Gasteiger partial charge in [-0.25, -0.2) is 14.8 Å². The molecule has 0 radical (unpaired) electrons. The van der Waals surface area contributed by atoms with E-state index < -0.39 is 43.0 Å². The smallest absolute Gasteiger partial charge is 0.407 e. The average Bonchev–Trinajstić information content (AvgIpc) is 3.20. The largest absolute Gasteiger partial charge is 0.449 e. The van der Waals surface area contributed by atoms with E-state index in [-0.39, 0.29) is 67.1 Å². The van der Waals surface area contributed by atoms with Crippen LogP contribution in [-0.4, -0.2) is 129 Å². The minimum atomic E-state index is -1.72. The van der Waals surface area contributed by atoms with E-state index in [4.69, 9.17) is 32.9 Å². The molecule has 57 heavy (non-hydrogen) atoms. The van der Waals surface area contributed by atoms with Crippen LogP contribution in [0.2, 0.25) is 5.15 Å². The Labute approximate surface area is 337 Å². The maximum absolute atomic E-state index is 12.9. The molecule has 0 saturated carbocycles. The van der Waals surface area contributed by atoms with Crippen LogP contribution in [0.3, 0.4) is 0 Å². The van der Waals surface area contributed by atoms with Crippen LogP contribution in [0.25, 0.3) is 0 Å². The molecular formula is C39H57ClN8O9. The van der Waals surface area contributed by atoms with Crippen LogP contribution in [0.1, 0.15) is 70.1 Å². The van der Waals surface area contributed by atoms with Gasteiger partial charge >= 0.3 is 6.09 Å². The van der Waals surface area contributed by atoms with Gasteiger partial charge in [-0.2, -0.15) is 0 Å². The SMILES string of the molecule is CCCCCCN(CCNC(=O)c1ccc(CNC(=O)OC[C@H](CNC(=O)c2nc(Cl)c(N)nc2N)Cc2ccccc2C)cc1)C[C@@H](O)[C@@H](O)[C@H](O)[C@H](O)CO. The second-order valence-electron chi connectivity index (χ2n) is 13.9. The molecule has 0 unspecified atom stereocenters. The second kappa shape index (κ2) is 24.2. The van der Waals surface area contributed by atoms with Crippen molar-refractivity contribution in [3.8, 4) is 0 Å². The highest BCUT2D eigenvalue weighted by atomic mass is 35.5. The van der Waals surface area contributed by atoms with Gasteiger partial charge in [-0.3, -0.25) is 14.5 Å². The molecular weight excluding hydrogens is 760 g/mol. The number of aryl methyl sites for hydroxylation is 1. The van der Waals surface area contributed by atoms with Gasteiger partial charge < -0.3 is 57.7 Å². The molecule has 5 atom stereocenters. The van der Waals surface area contributed by atoms with E-state index in [0.29, 0.717) is 30.6 Å². The summed E-state index contributed by atoms with van der Waals surface area (Å²) in [4.78, 5) is 48.1. The number of benzene rings is 2.